The quantitative estimate of drug-likeness (QED) is 0.309. The Morgan fingerprint density at radius 2 is 1.65 bits per heavy atom. The van der Waals surface area contributed by atoms with Crippen molar-refractivity contribution in [2.45, 2.75) is 18.7 Å². The smallest absolute Gasteiger partial charge is 0.264 e. The van der Waals surface area contributed by atoms with E-state index in [2.05, 4.69) is 15.8 Å². The van der Waals surface area contributed by atoms with Gasteiger partial charge in [-0.1, -0.05) is 30.3 Å². The summed E-state index contributed by atoms with van der Waals surface area (Å²) in [4.78, 5) is 24.3. The van der Waals surface area contributed by atoms with Crippen LogP contribution in [0.25, 0.3) is 0 Å². The number of hydrogen-bond acceptors (Lipinski definition) is 7. The first-order valence-corrected chi connectivity index (χ1v) is 12.6. The number of nitrogens with one attached hydrogen (secondary N) is 2. The van der Waals surface area contributed by atoms with E-state index in [1.807, 2.05) is 0 Å². The molecule has 0 atom stereocenters. The van der Waals surface area contributed by atoms with Gasteiger partial charge >= 0.3 is 0 Å². The highest BCUT2D eigenvalue weighted by Crippen LogP contribution is 2.35. The first-order chi connectivity index (χ1) is 17.6. The van der Waals surface area contributed by atoms with Gasteiger partial charge in [-0.25, -0.2) is 13.8 Å². The van der Waals surface area contributed by atoms with Gasteiger partial charge in [-0.2, -0.15) is 5.10 Å². The van der Waals surface area contributed by atoms with E-state index in [0.29, 0.717) is 22.7 Å². The fourth-order valence-electron chi connectivity index (χ4n) is 3.41. The third-order valence-electron chi connectivity index (χ3n) is 5.22. The second kappa shape index (κ2) is 12.0. The van der Waals surface area contributed by atoms with Crippen LogP contribution >= 0.6 is 0 Å². The molecule has 0 radical (unpaired) electrons. The van der Waals surface area contributed by atoms with Crippen molar-refractivity contribution in [1.29, 1.82) is 0 Å². The number of ether oxygens (including phenoxy) is 2. The summed E-state index contributed by atoms with van der Waals surface area (Å²) in [6.45, 7) is 2.52. The van der Waals surface area contributed by atoms with Crippen LogP contribution in [-0.2, 0) is 19.6 Å². The number of rotatable bonds is 10. The molecule has 0 saturated heterocycles. The van der Waals surface area contributed by atoms with Gasteiger partial charge in [-0.15, -0.1) is 0 Å². The van der Waals surface area contributed by atoms with Crippen molar-refractivity contribution in [2.24, 2.45) is 5.10 Å². The Bertz CT molecular complexity index is 1410. The first-order valence-electron chi connectivity index (χ1n) is 11.2. The summed E-state index contributed by atoms with van der Waals surface area (Å²) in [5, 5.41) is 6.80. The maximum atomic E-state index is 13.6. The predicted molar refractivity (Wildman–Crippen MR) is 142 cm³/mol. The van der Waals surface area contributed by atoms with Crippen LogP contribution in [-0.4, -0.2) is 46.7 Å². The van der Waals surface area contributed by atoms with Crippen LogP contribution in [0.2, 0.25) is 0 Å². The van der Waals surface area contributed by atoms with Crippen molar-refractivity contribution in [2.75, 3.05) is 30.4 Å². The average Bonchev–Trinajstić information content (AvgIpc) is 2.90. The third kappa shape index (κ3) is 6.85. The van der Waals surface area contributed by atoms with E-state index >= 15 is 0 Å². The number of anilines is 2. The van der Waals surface area contributed by atoms with Crippen LogP contribution in [0.5, 0.6) is 11.5 Å². The van der Waals surface area contributed by atoms with Crippen molar-refractivity contribution in [1.82, 2.24) is 5.43 Å². The second-order valence-electron chi connectivity index (χ2n) is 7.86. The molecule has 0 aliphatic carbocycles. The molecule has 3 rings (SSSR count). The van der Waals surface area contributed by atoms with Gasteiger partial charge in [0.15, 0.2) is 0 Å². The number of amides is 2. The maximum absolute atomic E-state index is 13.6. The van der Waals surface area contributed by atoms with E-state index in [1.54, 1.807) is 55.5 Å². The molecule has 3 aromatic rings. The minimum atomic E-state index is -4.15. The Morgan fingerprint density at radius 3 is 2.30 bits per heavy atom. The van der Waals surface area contributed by atoms with Gasteiger partial charge in [-0.3, -0.25) is 13.9 Å². The number of nitrogens with zero attached hydrogens (tertiary/aromatic N) is 2. The molecule has 11 heteroatoms. The lowest BCUT2D eigenvalue weighted by Gasteiger charge is -2.25. The average molecular weight is 525 g/mol. The summed E-state index contributed by atoms with van der Waals surface area (Å²) < 4.78 is 38.7. The highest BCUT2D eigenvalue weighted by molar-refractivity contribution is 7.92. The number of hydrogen-bond donors (Lipinski definition) is 2. The molecule has 0 aliphatic heterocycles. The molecule has 0 bridgehead atoms. The molecule has 10 nitrogen and oxygen atoms in total. The van der Waals surface area contributed by atoms with E-state index in [9.17, 15) is 18.0 Å². The van der Waals surface area contributed by atoms with Crippen molar-refractivity contribution in [3.05, 3.63) is 78.4 Å². The number of carbonyl (C=O) groups excluding carboxylic acids is 2. The summed E-state index contributed by atoms with van der Waals surface area (Å²) in [6, 6.07) is 19.3. The molecule has 0 spiro atoms. The molecule has 0 aliphatic rings. The Labute approximate surface area is 216 Å². The molecule has 194 valence electrons. The van der Waals surface area contributed by atoms with Gasteiger partial charge in [0, 0.05) is 18.7 Å². The fourth-order valence-corrected chi connectivity index (χ4v) is 4.86. The topological polar surface area (TPSA) is 126 Å². The van der Waals surface area contributed by atoms with Crippen LogP contribution in [0.15, 0.2) is 82.8 Å². The molecule has 3 aromatic carbocycles. The summed E-state index contributed by atoms with van der Waals surface area (Å²) in [7, 11) is -1.27. The highest BCUT2D eigenvalue weighted by Gasteiger charge is 2.29. The Balaban J connectivity index is 1.91. The molecule has 0 fully saturated rings. The van der Waals surface area contributed by atoms with Gasteiger partial charge in [0.2, 0.25) is 5.91 Å². The van der Waals surface area contributed by atoms with Gasteiger partial charge in [-0.05, 0) is 48.9 Å². The van der Waals surface area contributed by atoms with E-state index in [0.717, 1.165) is 4.31 Å². The molecule has 0 saturated carbocycles. The Morgan fingerprint density at radius 1 is 0.919 bits per heavy atom. The summed E-state index contributed by atoms with van der Waals surface area (Å²) in [5.41, 5.74) is 4.28. The number of carbonyl (C=O) groups is 2. The fraction of sp³-hybridized carbons (Fsp3) is 0.192. The lowest BCUT2D eigenvalue weighted by atomic mass is 10.1. The lowest BCUT2D eigenvalue weighted by Crippen LogP contribution is -2.40. The molecular formula is C26H28N4O6S. The number of sulfonamides is 1. The number of hydrazone groups is 1. The van der Waals surface area contributed by atoms with Crippen LogP contribution in [0, 0.1) is 0 Å². The maximum Gasteiger partial charge on any atom is 0.264 e. The predicted octanol–water partition coefficient (Wildman–Crippen LogP) is 3.40. The van der Waals surface area contributed by atoms with Gasteiger partial charge in [0.05, 0.1) is 30.5 Å². The van der Waals surface area contributed by atoms with Crippen molar-refractivity contribution in [3.8, 4) is 11.5 Å². The normalized spacial score (nSPS) is 11.4. The van der Waals surface area contributed by atoms with Gasteiger partial charge in [0.1, 0.15) is 18.0 Å². The van der Waals surface area contributed by atoms with E-state index in [1.165, 1.54) is 45.4 Å². The number of benzene rings is 3. The molecule has 0 heterocycles. The van der Waals surface area contributed by atoms with Crippen molar-refractivity contribution in [3.63, 3.8) is 0 Å². The largest absolute Gasteiger partial charge is 0.497 e. The summed E-state index contributed by atoms with van der Waals surface area (Å²) >= 11 is 0. The third-order valence-corrected chi connectivity index (χ3v) is 7.00. The zero-order chi connectivity index (χ0) is 27.0. The minimum Gasteiger partial charge on any atom is -0.497 e. The number of methoxy groups -OCH3 is 2. The summed E-state index contributed by atoms with van der Waals surface area (Å²) in [5.74, 6) is -0.214. The van der Waals surface area contributed by atoms with Crippen molar-refractivity contribution < 1.29 is 27.5 Å². The summed E-state index contributed by atoms with van der Waals surface area (Å²) in [6.07, 6.45) is 0. The zero-order valence-electron chi connectivity index (χ0n) is 20.9. The first kappa shape index (κ1) is 27.2. The van der Waals surface area contributed by atoms with E-state index in [-0.39, 0.29) is 22.2 Å². The molecular weight excluding hydrogens is 496 g/mol. The van der Waals surface area contributed by atoms with Crippen LogP contribution in [0.1, 0.15) is 19.4 Å². The van der Waals surface area contributed by atoms with Crippen LogP contribution in [0.3, 0.4) is 0 Å². The molecule has 2 N–H and O–H groups in total. The molecule has 2 amide bonds. The monoisotopic (exact) mass is 524 g/mol. The van der Waals surface area contributed by atoms with E-state index < -0.39 is 22.5 Å². The molecule has 37 heavy (non-hydrogen) atoms. The highest BCUT2D eigenvalue weighted by atomic mass is 32.2. The lowest BCUT2D eigenvalue weighted by molar-refractivity contribution is -0.119. The minimum absolute atomic E-state index is 0.00939. The van der Waals surface area contributed by atoms with E-state index in [4.69, 9.17) is 9.47 Å². The SMILES string of the molecule is COc1ccc(N(CC(=O)N/N=C(/C)c2cccc(NC(C)=O)c2)S(=O)(=O)c2ccccc2)c(OC)c1. The molecule has 0 unspecified atom stereocenters. The Kier molecular flexibility index (Phi) is 8.86. The van der Waals surface area contributed by atoms with Crippen LogP contribution in [0.4, 0.5) is 11.4 Å². The van der Waals surface area contributed by atoms with Gasteiger partial charge in [0.25, 0.3) is 15.9 Å². The standard InChI is InChI=1S/C26H28N4O6S/c1-18(20-9-8-10-21(15-20)27-19(2)31)28-29-26(32)17-30(37(33,34)23-11-6-5-7-12-23)24-14-13-22(35-3)16-25(24)36-4/h5-16H,17H2,1-4H3,(H,27,31)(H,29,32)/b28-18-. The Hall–Kier alpha value is -4.38. The zero-order valence-corrected chi connectivity index (χ0v) is 21.7. The second-order valence-corrected chi connectivity index (χ2v) is 9.72. The van der Waals surface area contributed by atoms with Crippen LogP contribution < -0.4 is 24.5 Å². The molecule has 0 aromatic heterocycles. The van der Waals surface area contributed by atoms with Crippen molar-refractivity contribution >= 4 is 38.9 Å². The van der Waals surface area contributed by atoms with Gasteiger partial charge < -0.3 is 14.8 Å².